The predicted molar refractivity (Wildman–Crippen MR) is 79.0 cm³/mol. The third kappa shape index (κ3) is 6.80. The number of nitrogens with zero attached hydrogens (tertiary/aromatic N) is 1. The van der Waals surface area contributed by atoms with Crippen molar-refractivity contribution in [3.8, 4) is 5.75 Å². The molecule has 0 aliphatic carbocycles. The Balaban J connectivity index is 0.00000361. The van der Waals surface area contributed by atoms with Crippen LogP contribution in [-0.4, -0.2) is 30.3 Å². The first kappa shape index (κ1) is 18.8. The Kier molecular flexibility index (Phi) is 7.64. The van der Waals surface area contributed by atoms with E-state index in [1.807, 2.05) is 0 Å². The van der Waals surface area contributed by atoms with Gasteiger partial charge in [-0.3, -0.25) is 4.99 Å². The van der Waals surface area contributed by atoms with Crippen LogP contribution in [0.1, 0.15) is 5.56 Å². The highest BCUT2D eigenvalue weighted by Gasteiger charge is 2.30. The standard InChI is InChI=1S/C11H14F3N3O2.HI/c12-11(13,14)7-2-1-3-9(4-7)19-6-8(18)5-17-10(15)16;/h1-4,8,18H,5-6H2,(H4,15,16,17);1H. The number of guanidine groups is 1. The molecule has 0 fully saturated rings. The average Bonchev–Trinajstić information content (AvgIpc) is 2.33. The van der Waals surface area contributed by atoms with Crippen LogP contribution in [0.3, 0.4) is 0 Å². The molecule has 0 amide bonds. The van der Waals surface area contributed by atoms with Gasteiger partial charge in [0.1, 0.15) is 18.5 Å². The first-order chi connectivity index (χ1) is 8.79. The maximum absolute atomic E-state index is 12.4. The summed E-state index contributed by atoms with van der Waals surface area (Å²) in [5, 5.41) is 9.42. The van der Waals surface area contributed by atoms with Crippen LogP contribution in [0.4, 0.5) is 13.2 Å². The number of nitrogens with two attached hydrogens (primary N) is 2. The molecule has 1 aromatic rings. The lowest BCUT2D eigenvalue weighted by molar-refractivity contribution is -0.137. The fourth-order valence-electron chi connectivity index (χ4n) is 1.22. The minimum atomic E-state index is -4.43. The second-order valence-electron chi connectivity index (χ2n) is 3.76. The van der Waals surface area contributed by atoms with Crippen LogP contribution in [0.2, 0.25) is 0 Å². The van der Waals surface area contributed by atoms with Gasteiger partial charge in [0.15, 0.2) is 5.96 Å². The molecular weight excluding hydrogens is 390 g/mol. The van der Waals surface area contributed by atoms with E-state index in [9.17, 15) is 18.3 Å². The third-order valence-corrected chi connectivity index (χ3v) is 2.09. The lowest BCUT2D eigenvalue weighted by Gasteiger charge is -2.12. The topological polar surface area (TPSA) is 93.9 Å². The first-order valence-corrected chi connectivity index (χ1v) is 5.32. The number of rotatable bonds is 5. The maximum Gasteiger partial charge on any atom is 0.416 e. The lowest BCUT2D eigenvalue weighted by Crippen LogP contribution is -2.27. The van der Waals surface area contributed by atoms with Crippen molar-refractivity contribution in [1.29, 1.82) is 0 Å². The Morgan fingerprint density at radius 3 is 2.55 bits per heavy atom. The second kappa shape index (κ2) is 8.15. The molecule has 5 nitrogen and oxygen atoms in total. The van der Waals surface area contributed by atoms with Crippen molar-refractivity contribution in [2.45, 2.75) is 12.3 Å². The van der Waals surface area contributed by atoms with Crippen LogP contribution < -0.4 is 16.2 Å². The lowest BCUT2D eigenvalue weighted by atomic mass is 10.2. The molecule has 0 radical (unpaired) electrons. The zero-order chi connectivity index (χ0) is 14.5. The highest BCUT2D eigenvalue weighted by Crippen LogP contribution is 2.31. The normalized spacial score (nSPS) is 12.2. The minimum Gasteiger partial charge on any atom is -0.491 e. The number of benzene rings is 1. The van der Waals surface area contributed by atoms with E-state index in [1.165, 1.54) is 12.1 Å². The molecule has 1 atom stereocenters. The van der Waals surface area contributed by atoms with Gasteiger partial charge in [-0.25, -0.2) is 0 Å². The summed E-state index contributed by atoms with van der Waals surface area (Å²) in [5.74, 6) is -0.170. The summed E-state index contributed by atoms with van der Waals surface area (Å²) in [6.45, 7) is -0.292. The highest BCUT2D eigenvalue weighted by molar-refractivity contribution is 14.0. The summed E-state index contributed by atoms with van der Waals surface area (Å²) >= 11 is 0. The third-order valence-electron chi connectivity index (χ3n) is 2.09. The van der Waals surface area contributed by atoms with Gasteiger partial charge < -0.3 is 21.3 Å². The van der Waals surface area contributed by atoms with E-state index in [4.69, 9.17) is 16.2 Å². The van der Waals surface area contributed by atoms with Gasteiger partial charge in [0.25, 0.3) is 0 Å². The summed E-state index contributed by atoms with van der Waals surface area (Å²) in [4.78, 5) is 3.56. The molecule has 1 aromatic carbocycles. The minimum absolute atomic E-state index is 0. The summed E-state index contributed by atoms with van der Waals surface area (Å²) < 4.78 is 42.3. The van der Waals surface area contributed by atoms with Crippen molar-refractivity contribution in [2.24, 2.45) is 16.5 Å². The summed E-state index contributed by atoms with van der Waals surface area (Å²) in [5.41, 5.74) is 9.32. The maximum atomic E-state index is 12.4. The fourth-order valence-corrected chi connectivity index (χ4v) is 1.22. The van der Waals surface area contributed by atoms with Crippen LogP contribution in [0.5, 0.6) is 5.75 Å². The van der Waals surface area contributed by atoms with Gasteiger partial charge in [-0.2, -0.15) is 13.2 Å². The van der Waals surface area contributed by atoms with Crippen molar-refractivity contribution >= 4 is 29.9 Å². The highest BCUT2D eigenvalue weighted by atomic mass is 127. The molecular formula is C11H15F3IN3O2. The summed E-state index contributed by atoms with van der Waals surface area (Å²) in [6.07, 6.45) is -5.44. The number of alkyl halides is 3. The molecule has 0 saturated heterocycles. The quantitative estimate of drug-likeness (QED) is 0.392. The zero-order valence-electron chi connectivity index (χ0n) is 10.3. The Hall–Kier alpha value is -1.23. The molecule has 0 spiro atoms. The Morgan fingerprint density at radius 1 is 1.35 bits per heavy atom. The molecule has 5 N–H and O–H groups in total. The number of hydrogen-bond donors (Lipinski definition) is 3. The Morgan fingerprint density at radius 2 is 2.00 bits per heavy atom. The van der Waals surface area contributed by atoms with E-state index in [-0.39, 0.29) is 48.8 Å². The van der Waals surface area contributed by atoms with E-state index in [2.05, 4.69) is 4.99 Å². The Labute approximate surface area is 130 Å². The molecule has 0 aliphatic rings. The predicted octanol–water partition coefficient (Wildman–Crippen LogP) is 1.34. The number of hydrogen-bond acceptors (Lipinski definition) is 3. The van der Waals surface area contributed by atoms with Crippen LogP contribution in [0, 0.1) is 0 Å². The number of ether oxygens (including phenoxy) is 1. The molecule has 9 heteroatoms. The summed E-state index contributed by atoms with van der Waals surface area (Å²) in [6, 6.07) is 4.37. The molecule has 0 saturated carbocycles. The zero-order valence-corrected chi connectivity index (χ0v) is 12.6. The van der Waals surface area contributed by atoms with E-state index in [0.717, 1.165) is 12.1 Å². The smallest absolute Gasteiger partial charge is 0.416 e. The average molecular weight is 405 g/mol. The van der Waals surface area contributed by atoms with E-state index in [0.29, 0.717) is 0 Å². The summed E-state index contributed by atoms with van der Waals surface area (Å²) in [7, 11) is 0. The van der Waals surface area contributed by atoms with E-state index < -0.39 is 17.8 Å². The molecule has 114 valence electrons. The van der Waals surface area contributed by atoms with Crippen molar-refractivity contribution in [3.05, 3.63) is 29.8 Å². The van der Waals surface area contributed by atoms with Crippen molar-refractivity contribution in [1.82, 2.24) is 0 Å². The van der Waals surface area contributed by atoms with Gasteiger partial charge in [-0.1, -0.05) is 6.07 Å². The van der Waals surface area contributed by atoms with Crippen molar-refractivity contribution in [3.63, 3.8) is 0 Å². The SMILES string of the molecule is I.NC(N)=NCC(O)COc1cccc(C(F)(F)F)c1. The van der Waals surface area contributed by atoms with Gasteiger partial charge in [-0.05, 0) is 18.2 Å². The number of halogens is 4. The molecule has 0 bridgehead atoms. The van der Waals surface area contributed by atoms with Crippen LogP contribution in [0.15, 0.2) is 29.3 Å². The Bertz CT molecular complexity index is 451. The van der Waals surface area contributed by atoms with Gasteiger partial charge in [0, 0.05) is 0 Å². The van der Waals surface area contributed by atoms with Crippen LogP contribution in [0.25, 0.3) is 0 Å². The number of aliphatic imine (C=N–C) groups is 1. The van der Waals surface area contributed by atoms with Gasteiger partial charge >= 0.3 is 6.18 Å². The van der Waals surface area contributed by atoms with E-state index in [1.54, 1.807) is 0 Å². The fraction of sp³-hybridized carbons (Fsp3) is 0.364. The van der Waals surface area contributed by atoms with Crippen LogP contribution >= 0.6 is 24.0 Å². The van der Waals surface area contributed by atoms with Gasteiger partial charge in [0.05, 0.1) is 12.1 Å². The number of aliphatic hydroxyl groups is 1. The van der Waals surface area contributed by atoms with Crippen LogP contribution in [-0.2, 0) is 6.18 Å². The monoisotopic (exact) mass is 405 g/mol. The molecule has 20 heavy (non-hydrogen) atoms. The molecule has 0 aliphatic heterocycles. The van der Waals surface area contributed by atoms with E-state index >= 15 is 0 Å². The molecule has 0 aromatic heterocycles. The van der Waals surface area contributed by atoms with Gasteiger partial charge in [-0.15, -0.1) is 24.0 Å². The van der Waals surface area contributed by atoms with Gasteiger partial charge in [0.2, 0.25) is 0 Å². The first-order valence-electron chi connectivity index (χ1n) is 5.32. The molecule has 1 unspecified atom stereocenters. The molecule has 1 rings (SSSR count). The van der Waals surface area contributed by atoms with Crippen molar-refractivity contribution in [2.75, 3.05) is 13.2 Å². The largest absolute Gasteiger partial charge is 0.491 e. The molecule has 0 heterocycles. The second-order valence-corrected chi connectivity index (χ2v) is 3.76. The van der Waals surface area contributed by atoms with Crippen molar-refractivity contribution < 1.29 is 23.0 Å². The number of aliphatic hydroxyl groups excluding tert-OH is 1.